The van der Waals surface area contributed by atoms with Crippen LogP contribution < -0.4 is 15.5 Å². The summed E-state index contributed by atoms with van der Waals surface area (Å²) >= 11 is 0. The summed E-state index contributed by atoms with van der Waals surface area (Å²) in [6, 6.07) is 23.2. The zero-order valence-electron chi connectivity index (χ0n) is 22.9. The Morgan fingerprint density at radius 1 is 0.950 bits per heavy atom. The molecule has 0 unspecified atom stereocenters. The molecular weight excluding hydrogens is 504 g/mol. The van der Waals surface area contributed by atoms with Crippen LogP contribution in [0.2, 0.25) is 0 Å². The molecule has 9 nitrogen and oxygen atoms in total. The minimum absolute atomic E-state index is 0.00978. The second-order valence-corrected chi connectivity index (χ2v) is 10.3. The molecule has 4 amide bonds. The maximum atomic E-state index is 13.9. The summed E-state index contributed by atoms with van der Waals surface area (Å²) in [5.41, 5.74) is 2.94. The number of piperidine rings is 1. The normalized spacial score (nSPS) is 16.3. The Morgan fingerprint density at radius 2 is 1.68 bits per heavy atom. The Bertz CT molecular complexity index is 1330. The maximum Gasteiger partial charge on any atom is 0.321 e. The molecule has 2 N–H and O–H groups in total. The van der Waals surface area contributed by atoms with E-state index in [1.807, 2.05) is 72.8 Å². The van der Waals surface area contributed by atoms with Gasteiger partial charge in [-0.25, -0.2) is 4.79 Å². The number of aryl methyl sites for hydroxylation is 1. The molecule has 2 aromatic carbocycles. The van der Waals surface area contributed by atoms with E-state index < -0.39 is 5.54 Å². The summed E-state index contributed by atoms with van der Waals surface area (Å²) in [5, 5.41) is 5.98. The predicted octanol–water partition coefficient (Wildman–Crippen LogP) is 3.68. The number of rotatable bonds is 8. The number of pyridine rings is 1. The first-order chi connectivity index (χ1) is 19.5. The van der Waals surface area contributed by atoms with Crippen molar-refractivity contribution < 1.29 is 14.4 Å². The van der Waals surface area contributed by atoms with Gasteiger partial charge in [0.2, 0.25) is 5.91 Å². The van der Waals surface area contributed by atoms with Gasteiger partial charge in [-0.3, -0.25) is 14.6 Å². The van der Waals surface area contributed by atoms with E-state index in [0.29, 0.717) is 45.6 Å². The van der Waals surface area contributed by atoms with Gasteiger partial charge in [0.25, 0.3) is 5.91 Å². The highest BCUT2D eigenvalue weighted by Crippen LogP contribution is 2.39. The van der Waals surface area contributed by atoms with Crippen molar-refractivity contribution in [2.45, 2.75) is 38.1 Å². The quantitative estimate of drug-likeness (QED) is 0.454. The zero-order chi connectivity index (χ0) is 28.0. The average molecular weight is 541 g/mol. The standard InChI is InChI=1S/C31H36N6O3/c1-2-24-10-6-7-14-27(24)34-30(40)35-20-16-31(17-21-35)29(39)36(23-37(31)26-12-4-3-5-13-26)22-28(38)33-19-15-25-11-8-9-18-32-25/h3-14,18H,2,15-17,19-23H2,1H3,(H,33,38)(H,34,40). The number of nitrogens with one attached hydrogen (secondary N) is 2. The van der Waals surface area contributed by atoms with Gasteiger partial charge in [-0.1, -0.05) is 49.4 Å². The number of hydrogen-bond donors (Lipinski definition) is 2. The van der Waals surface area contributed by atoms with E-state index in [9.17, 15) is 14.4 Å². The molecule has 9 heteroatoms. The van der Waals surface area contributed by atoms with E-state index >= 15 is 0 Å². The van der Waals surface area contributed by atoms with Gasteiger partial charge in [-0.2, -0.15) is 0 Å². The molecule has 208 valence electrons. The average Bonchev–Trinajstić information content (AvgIpc) is 3.24. The Kier molecular flexibility index (Phi) is 8.28. The van der Waals surface area contributed by atoms with Crippen molar-refractivity contribution in [3.63, 3.8) is 0 Å². The van der Waals surface area contributed by atoms with E-state index in [1.165, 1.54) is 0 Å². The number of carbonyl (C=O) groups excluding carboxylic acids is 3. The zero-order valence-corrected chi connectivity index (χ0v) is 22.9. The third kappa shape index (κ3) is 5.78. The number of hydrogen-bond acceptors (Lipinski definition) is 5. The van der Waals surface area contributed by atoms with E-state index in [0.717, 1.165) is 29.1 Å². The number of urea groups is 1. The summed E-state index contributed by atoms with van der Waals surface area (Å²) < 4.78 is 0. The fraction of sp³-hybridized carbons (Fsp3) is 0.355. The number of aromatic nitrogens is 1. The van der Waals surface area contributed by atoms with Crippen molar-refractivity contribution in [3.8, 4) is 0 Å². The summed E-state index contributed by atoms with van der Waals surface area (Å²) in [7, 11) is 0. The molecule has 1 aromatic heterocycles. The van der Waals surface area contributed by atoms with Crippen LogP contribution in [0.5, 0.6) is 0 Å². The highest BCUT2D eigenvalue weighted by molar-refractivity contribution is 5.97. The lowest BCUT2D eigenvalue weighted by molar-refractivity contribution is -0.137. The van der Waals surface area contributed by atoms with Crippen molar-refractivity contribution in [1.29, 1.82) is 0 Å². The number of likely N-dealkylation sites (tertiary alicyclic amines) is 1. The fourth-order valence-electron chi connectivity index (χ4n) is 5.65. The summed E-state index contributed by atoms with van der Waals surface area (Å²) in [6.45, 7) is 3.72. The summed E-state index contributed by atoms with van der Waals surface area (Å²) in [5.74, 6) is -0.256. The van der Waals surface area contributed by atoms with Gasteiger partial charge >= 0.3 is 6.03 Å². The number of carbonyl (C=O) groups is 3. The lowest BCUT2D eigenvalue weighted by Crippen LogP contribution is -2.58. The topological polar surface area (TPSA) is 97.9 Å². The third-order valence-corrected chi connectivity index (χ3v) is 7.86. The van der Waals surface area contributed by atoms with E-state index in [2.05, 4.69) is 27.4 Å². The molecular formula is C31H36N6O3. The smallest absolute Gasteiger partial charge is 0.321 e. The lowest BCUT2D eigenvalue weighted by Gasteiger charge is -2.43. The molecule has 0 atom stereocenters. The largest absolute Gasteiger partial charge is 0.354 e. The van der Waals surface area contributed by atoms with Crippen molar-refractivity contribution in [2.75, 3.05) is 43.1 Å². The Labute approximate surface area is 235 Å². The van der Waals surface area contributed by atoms with Gasteiger partial charge in [-0.15, -0.1) is 0 Å². The SMILES string of the molecule is CCc1ccccc1NC(=O)N1CCC2(CC1)C(=O)N(CC(=O)NCCc1ccccn1)CN2c1ccccc1. The predicted molar refractivity (Wildman–Crippen MR) is 155 cm³/mol. The highest BCUT2D eigenvalue weighted by atomic mass is 16.2. The molecule has 0 bridgehead atoms. The van der Waals surface area contributed by atoms with Crippen molar-refractivity contribution in [3.05, 3.63) is 90.3 Å². The highest BCUT2D eigenvalue weighted by Gasteiger charge is 2.54. The first-order valence-electron chi connectivity index (χ1n) is 13.9. The number of nitrogens with zero attached hydrogens (tertiary/aromatic N) is 4. The third-order valence-electron chi connectivity index (χ3n) is 7.86. The van der Waals surface area contributed by atoms with Crippen LogP contribution in [-0.4, -0.2) is 71.0 Å². The lowest BCUT2D eigenvalue weighted by atomic mass is 9.85. The number of anilines is 2. The molecule has 0 saturated carbocycles. The van der Waals surface area contributed by atoms with Gasteiger partial charge in [0.15, 0.2) is 0 Å². The molecule has 1 spiro atoms. The van der Waals surface area contributed by atoms with Crippen LogP contribution in [0, 0.1) is 0 Å². The van der Waals surface area contributed by atoms with Crippen LogP contribution in [-0.2, 0) is 22.4 Å². The van der Waals surface area contributed by atoms with E-state index in [-0.39, 0.29) is 24.4 Å². The first-order valence-corrected chi connectivity index (χ1v) is 13.9. The summed E-state index contributed by atoms with van der Waals surface area (Å²) in [4.78, 5) is 49.7. The second-order valence-electron chi connectivity index (χ2n) is 10.3. The van der Waals surface area contributed by atoms with Crippen molar-refractivity contribution >= 4 is 29.2 Å². The Balaban J connectivity index is 1.25. The number of benzene rings is 2. The molecule has 2 aliphatic heterocycles. The fourth-order valence-corrected chi connectivity index (χ4v) is 5.65. The molecule has 0 aliphatic carbocycles. The molecule has 3 aromatic rings. The van der Waals surface area contributed by atoms with Crippen LogP contribution in [0.15, 0.2) is 79.0 Å². The molecule has 2 fully saturated rings. The maximum absolute atomic E-state index is 13.9. The van der Waals surface area contributed by atoms with Gasteiger partial charge in [0.05, 0.1) is 6.67 Å². The molecule has 0 radical (unpaired) electrons. The summed E-state index contributed by atoms with van der Waals surface area (Å²) in [6.07, 6.45) is 4.16. The first kappa shape index (κ1) is 27.2. The Morgan fingerprint density at radius 3 is 2.40 bits per heavy atom. The number of para-hydroxylation sites is 2. The van der Waals surface area contributed by atoms with Gasteiger partial charge in [0, 0.05) is 49.3 Å². The van der Waals surface area contributed by atoms with Gasteiger partial charge in [-0.05, 0) is 55.2 Å². The van der Waals surface area contributed by atoms with Crippen LogP contribution in [0.4, 0.5) is 16.2 Å². The molecule has 3 heterocycles. The van der Waals surface area contributed by atoms with Crippen molar-refractivity contribution in [1.82, 2.24) is 20.1 Å². The van der Waals surface area contributed by atoms with Crippen LogP contribution >= 0.6 is 0 Å². The van der Waals surface area contributed by atoms with Gasteiger partial charge < -0.3 is 25.3 Å². The molecule has 2 saturated heterocycles. The minimum Gasteiger partial charge on any atom is -0.354 e. The van der Waals surface area contributed by atoms with Gasteiger partial charge in [0.1, 0.15) is 12.1 Å². The second kappa shape index (κ2) is 12.2. The van der Waals surface area contributed by atoms with Crippen LogP contribution in [0.25, 0.3) is 0 Å². The number of amides is 4. The van der Waals surface area contributed by atoms with Crippen LogP contribution in [0.3, 0.4) is 0 Å². The molecule has 2 aliphatic rings. The molecule has 5 rings (SSSR count). The van der Waals surface area contributed by atoms with Crippen LogP contribution in [0.1, 0.15) is 31.0 Å². The van der Waals surface area contributed by atoms with Crippen molar-refractivity contribution in [2.24, 2.45) is 0 Å². The van der Waals surface area contributed by atoms with E-state index in [4.69, 9.17) is 0 Å². The Hall–Kier alpha value is -4.40. The van der Waals surface area contributed by atoms with E-state index in [1.54, 1.807) is 16.0 Å². The minimum atomic E-state index is -0.798. The monoisotopic (exact) mass is 540 g/mol. The molecule has 40 heavy (non-hydrogen) atoms.